The normalized spacial score (nSPS) is 13.3. The number of hydrogen-bond donors (Lipinski definition) is 2. The molecule has 0 amide bonds. The highest BCUT2D eigenvalue weighted by atomic mass is 35.5. The average molecular weight is 403 g/mol. The maximum atomic E-state index is 9.57. The molecule has 2 atom stereocenters. The minimum Gasteiger partial charge on any atom is -0.490 e. The van der Waals surface area contributed by atoms with Crippen LogP contribution in [0.4, 0.5) is 0 Å². The molecule has 0 aliphatic carbocycles. The first-order chi connectivity index (χ1) is 12.1. The van der Waals surface area contributed by atoms with E-state index in [4.69, 9.17) is 32.7 Å². The molecular formula is C18H20Cl2O4S. The summed E-state index contributed by atoms with van der Waals surface area (Å²) in [4.78, 5) is 1.77. The molecule has 25 heavy (non-hydrogen) atoms. The molecule has 2 aromatic carbocycles. The predicted molar refractivity (Wildman–Crippen MR) is 101 cm³/mol. The van der Waals surface area contributed by atoms with Gasteiger partial charge < -0.3 is 19.7 Å². The van der Waals surface area contributed by atoms with Crippen LogP contribution in [0.3, 0.4) is 0 Å². The van der Waals surface area contributed by atoms with Gasteiger partial charge in [0.1, 0.15) is 36.9 Å². The molecule has 0 saturated carbocycles. The van der Waals surface area contributed by atoms with Gasteiger partial charge in [-0.1, -0.05) is 36.0 Å². The van der Waals surface area contributed by atoms with Gasteiger partial charge in [-0.2, -0.15) is 0 Å². The lowest BCUT2D eigenvalue weighted by molar-refractivity contribution is 0.123. The number of halogens is 2. The van der Waals surface area contributed by atoms with Crippen molar-refractivity contribution >= 4 is 35.0 Å². The standard InChI is InChI=1S/C18H20Cl2O4S/c19-9-13(21)11-23-15-5-1-3-7-17(15)25-18-8-4-2-6-16(18)24-12-14(22)10-20/h1-8,13-14,21-22H,9-12H2. The second-order valence-electron chi connectivity index (χ2n) is 5.23. The Kier molecular flexibility index (Phi) is 8.72. The fraction of sp³-hybridized carbons (Fsp3) is 0.333. The topological polar surface area (TPSA) is 58.9 Å². The van der Waals surface area contributed by atoms with Crippen molar-refractivity contribution in [3.05, 3.63) is 48.5 Å². The van der Waals surface area contributed by atoms with Crippen LogP contribution < -0.4 is 9.47 Å². The van der Waals surface area contributed by atoms with E-state index in [0.717, 1.165) is 9.79 Å². The van der Waals surface area contributed by atoms with E-state index in [1.165, 1.54) is 11.8 Å². The van der Waals surface area contributed by atoms with Crippen molar-refractivity contribution in [3.8, 4) is 11.5 Å². The van der Waals surface area contributed by atoms with E-state index in [9.17, 15) is 10.2 Å². The van der Waals surface area contributed by atoms with Crippen molar-refractivity contribution in [1.82, 2.24) is 0 Å². The Morgan fingerprint density at radius 3 is 1.56 bits per heavy atom. The number of rotatable bonds is 10. The number of aliphatic hydroxyl groups is 2. The number of hydrogen-bond acceptors (Lipinski definition) is 5. The second kappa shape index (κ2) is 10.8. The molecule has 2 N–H and O–H groups in total. The third-order valence-corrected chi connectivity index (χ3v) is 4.96. The lowest BCUT2D eigenvalue weighted by Crippen LogP contribution is -2.19. The minimum atomic E-state index is -0.715. The van der Waals surface area contributed by atoms with E-state index in [2.05, 4.69) is 0 Å². The van der Waals surface area contributed by atoms with Gasteiger partial charge in [0.15, 0.2) is 0 Å². The maximum Gasteiger partial charge on any atom is 0.133 e. The molecule has 0 fully saturated rings. The third-order valence-electron chi connectivity index (χ3n) is 3.14. The van der Waals surface area contributed by atoms with Gasteiger partial charge in [-0.15, -0.1) is 23.2 Å². The molecule has 0 saturated heterocycles. The summed E-state index contributed by atoms with van der Waals surface area (Å²) in [5, 5.41) is 19.1. The summed E-state index contributed by atoms with van der Waals surface area (Å²) < 4.78 is 11.3. The van der Waals surface area contributed by atoms with Crippen LogP contribution in [0.1, 0.15) is 0 Å². The SMILES string of the molecule is OC(CCl)COc1ccccc1Sc1ccccc1OCC(O)CCl. The molecule has 2 aromatic rings. The van der Waals surface area contributed by atoms with Gasteiger partial charge in [0.2, 0.25) is 0 Å². The van der Waals surface area contributed by atoms with Crippen LogP contribution in [0.25, 0.3) is 0 Å². The van der Waals surface area contributed by atoms with Crippen molar-refractivity contribution in [2.75, 3.05) is 25.0 Å². The van der Waals surface area contributed by atoms with Crippen LogP contribution in [-0.2, 0) is 0 Å². The second-order valence-corrected chi connectivity index (χ2v) is 6.93. The Balaban J connectivity index is 2.11. The summed E-state index contributed by atoms with van der Waals surface area (Å²) in [6, 6.07) is 15.1. The van der Waals surface area contributed by atoms with Gasteiger partial charge in [-0.25, -0.2) is 0 Å². The molecule has 0 bridgehead atoms. The smallest absolute Gasteiger partial charge is 0.133 e. The summed E-state index contributed by atoms with van der Waals surface area (Å²) >= 11 is 12.7. The van der Waals surface area contributed by atoms with Crippen molar-refractivity contribution in [2.45, 2.75) is 22.0 Å². The van der Waals surface area contributed by atoms with E-state index in [1.54, 1.807) is 0 Å². The van der Waals surface area contributed by atoms with Crippen LogP contribution >= 0.6 is 35.0 Å². The molecular weight excluding hydrogens is 383 g/mol. The third kappa shape index (κ3) is 6.60. The molecule has 0 spiro atoms. The Bertz CT molecular complexity index is 601. The molecule has 0 radical (unpaired) electrons. The average Bonchev–Trinajstić information content (AvgIpc) is 2.66. The van der Waals surface area contributed by atoms with Gasteiger partial charge in [-0.05, 0) is 24.3 Å². The summed E-state index contributed by atoms with van der Waals surface area (Å²) in [6.07, 6.45) is -1.43. The molecule has 0 aliphatic heterocycles. The highest BCUT2D eigenvalue weighted by Gasteiger charge is 2.12. The molecule has 0 aromatic heterocycles. The summed E-state index contributed by atoms with van der Waals surface area (Å²) in [7, 11) is 0. The van der Waals surface area contributed by atoms with Gasteiger partial charge in [0, 0.05) is 0 Å². The Labute approximate surface area is 161 Å². The summed E-state index contributed by atoms with van der Waals surface area (Å²) in [5.41, 5.74) is 0. The number of alkyl halides is 2. The molecule has 2 rings (SSSR count). The molecule has 136 valence electrons. The first-order valence-corrected chi connectivity index (χ1v) is 9.62. The Morgan fingerprint density at radius 2 is 1.16 bits per heavy atom. The molecule has 4 nitrogen and oxygen atoms in total. The van der Waals surface area contributed by atoms with Crippen molar-refractivity contribution in [1.29, 1.82) is 0 Å². The fourth-order valence-corrected chi connectivity index (χ4v) is 3.05. The number of aliphatic hydroxyl groups excluding tert-OH is 2. The first-order valence-electron chi connectivity index (χ1n) is 7.73. The van der Waals surface area contributed by atoms with Gasteiger partial charge >= 0.3 is 0 Å². The van der Waals surface area contributed by atoms with Crippen molar-refractivity contribution < 1.29 is 19.7 Å². The summed E-state index contributed by atoms with van der Waals surface area (Å²) in [6.45, 7) is 0.252. The van der Waals surface area contributed by atoms with Crippen LogP contribution in [0.15, 0.2) is 58.3 Å². The first kappa shape index (κ1) is 20.2. The van der Waals surface area contributed by atoms with Gasteiger partial charge in [0.05, 0.1) is 21.6 Å². The zero-order chi connectivity index (χ0) is 18.1. The molecule has 0 aliphatic rings. The van der Waals surface area contributed by atoms with Crippen LogP contribution in [0, 0.1) is 0 Å². The largest absolute Gasteiger partial charge is 0.490 e. The van der Waals surface area contributed by atoms with Crippen molar-refractivity contribution in [2.24, 2.45) is 0 Å². The fourth-order valence-electron chi connectivity index (χ4n) is 1.89. The van der Waals surface area contributed by atoms with E-state index in [0.29, 0.717) is 11.5 Å². The lowest BCUT2D eigenvalue weighted by atomic mass is 10.3. The van der Waals surface area contributed by atoms with E-state index >= 15 is 0 Å². The molecule has 2 unspecified atom stereocenters. The zero-order valence-corrected chi connectivity index (χ0v) is 15.8. The van der Waals surface area contributed by atoms with E-state index in [1.807, 2.05) is 48.5 Å². The van der Waals surface area contributed by atoms with Crippen LogP contribution in [0.5, 0.6) is 11.5 Å². The summed E-state index contributed by atoms with van der Waals surface area (Å²) in [5.74, 6) is 1.56. The highest BCUT2D eigenvalue weighted by Crippen LogP contribution is 2.39. The van der Waals surface area contributed by atoms with Gasteiger partial charge in [-0.3, -0.25) is 0 Å². The van der Waals surface area contributed by atoms with Crippen molar-refractivity contribution in [3.63, 3.8) is 0 Å². The highest BCUT2D eigenvalue weighted by molar-refractivity contribution is 7.99. The van der Waals surface area contributed by atoms with Crippen LogP contribution in [-0.4, -0.2) is 47.4 Å². The number of ether oxygens (including phenoxy) is 2. The Hall–Kier alpha value is -1.11. The number of benzene rings is 2. The predicted octanol–water partition coefficient (Wildman–Crippen LogP) is 3.79. The number of para-hydroxylation sites is 2. The molecule has 0 heterocycles. The van der Waals surface area contributed by atoms with Crippen LogP contribution in [0.2, 0.25) is 0 Å². The lowest BCUT2D eigenvalue weighted by Gasteiger charge is -2.15. The quantitative estimate of drug-likeness (QED) is 0.591. The van der Waals surface area contributed by atoms with E-state index < -0.39 is 12.2 Å². The monoisotopic (exact) mass is 402 g/mol. The minimum absolute atomic E-state index is 0.120. The van der Waals surface area contributed by atoms with E-state index in [-0.39, 0.29) is 25.0 Å². The molecule has 7 heteroatoms. The Morgan fingerprint density at radius 1 is 0.760 bits per heavy atom. The zero-order valence-electron chi connectivity index (χ0n) is 13.5. The van der Waals surface area contributed by atoms with Gasteiger partial charge in [0.25, 0.3) is 0 Å². The maximum absolute atomic E-state index is 9.57.